The molecule has 0 spiro atoms. The number of halogens is 2. The van der Waals surface area contributed by atoms with Gasteiger partial charge in [0.2, 0.25) is 11.6 Å². The van der Waals surface area contributed by atoms with Crippen molar-refractivity contribution in [2.24, 2.45) is 0 Å². The second-order valence-electron chi connectivity index (χ2n) is 4.72. The molecule has 116 valence electrons. The van der Waals surface area contributed by atoms with E-state index in [0.717, 1.165) is 18.5 Å². The summed E-state index contributed by atoms with van der Waals surface area (Å²) in [6.45, 7) is 3.58. The molecular weight excluding hydrogens is 296 g/mol. The molecule has 1 aromatic heterocycles. The number of rotatable bonds is 5. The molecule has 0 aliphatic carbocycles. The second-order valence-corrected chi connectivity index (χ2v) is 4.72. The van der Waals surface area contributed by atoms with Crippen molar-refractivity contribution in [1.29, 1.82) is 0 Å². The average molecular weight is 309 g/mol. The molecule has 0 saturated carbocycles. The molecule has 0 atom stereocenters. The van der Waals surface area contributed by atoms with Crippen molar-refractivity contribution >= 4 is 23.0 Å². The van der Waals surface area contributed by atoms with Crippen LogP contribution in [0.15, 0.2) is 24.5 Å². The van der Waals surface area contributed by atoms with Crippen LogP contribution in [0.5, 0.6) is 0 Å². The first kappa shape index (κ1) is 15.5. The molecular formula is C13H13F2N5O2. The van der Waals surface area contributed by atoms with E-state index in [1.165, 1.54) is 0 Å². The highest BCUT2D eigenvalue weighted by molar-refractivity contribution is 5.73. The van der Waals surface area contributed by atoms with Crippen LogP contribution in [0.3, 0.4) is 0 Å². The summed E-state index contributed by atoms with van der Waals surface area (Å²) < 4.78 is 26.5. The highest BCUT2D eigenvalue weighted by atomic mass is 19.1. The lowest BCUT2D eigenvalue weighted by atomic mass is 10.3. The molecule has 2 aromatic rings. The predicted octanol–water partition coefficient (Wildman–Crippen LogP) is 3.23. The van der Waals surface area contributed by atoms with E-state index in [0.29, 0.717) is 6.07 Å². The zero-order chi connectivity index (χ0) is 16.3. The Hall–Kier alpha value is -2.84. The fourth-order valence-corrected chi connectivity index (χ4v) is 1.74. The highest BCUT2D eigenvalue weighted by Gasteiger charge is 2.24. The molecule has 9 heteroatoms. The second kappa shape index (κ2) is 6.29. The Morgan fingerprint density at radius 3 is 2.50 bits per heavy atom. The summed E-state index contributed by atoms with van der Waals surface area (Å²) >= 11 is 0. The molecule has 2 N–H and O–H groups in total. The van der Waals surface area contributed by atoms with Crippen LogP contribution in [0, 0.1) is 21.7 Å². The molecule has 22 heavy (non-hydrogen) atoms. The van der Waals surface area contributed by atoms with E-state index >= 15 is 0 Å². The quantitative estimate of drug-likeness (QED) is 0.650. The lowest BCUT2D eigenvalue weighted by Gasteiger charge is -2.12. The summed E-state index contributed by atoms with van der Waals surface area (Å²) in [6.07, 6.45) is 1.11. The van der Waals surface area contributed by atoms with Gasteiger partial charge in [-0.05, 0) is 26.0 Å². The number of nitrogens with one attached hydrogen (secondary N) is 2. The summed E-state index contributed by atoms with van der Waals surface area (Å²) in [4.78, 5) is 18.2. The maximum atomic E-state index is 13.6. The molecule has 0 radical (unpaired) electrons. The maximum absolute atomic E-state index is 13.6. The molecule has 0 aliphatic heterocycles. The Balaban J connectivity index is 2.44. The topological polar surface area (TPSA) is 93.0 Å². The van der Waals surface area contributed by atoms with Gasteiger partial charge in [0.05, 0.1) is 10.6 Å². The van der Waals surface area contributed by atoms with Crippen molar-refractivity contribution in [2.75, 3.05) is 10.6 Å². The van der Waals surface area contributed by atoms with Gasteiger partial charge in [0, 0.05) is 12.1 Å². The van der Waals surface area contributed by atoms with Crippen LogP contribution in [0.2, 0.25) is 0 Å². The summed E-state index contributed by atoms with van der Waals surface area (Å²) in [5.74, 6) is -1.80. The van der Waals surface area contributed by atoms with Crippen LogP contribution < -0.4 is 10.6 Å². The van der Waals surface area contributed by atoms with Crippen LogP contribution in [-0.4, -0.2) is 20.9 Å². The van der Waals surface area contributed by atoms with E-state index in [1.54, 1.807) is 13.8 Å². The van der Waals surface area contributed by atoms with Crippen LogP contribution in [0.1, 0.15) is 13.8 Å². The first-order valence-electron chi connectivity index (χ1n) is 6.36. The molecule has 0 bridgehead atoms. The first-order valence-corrected chi connectivity index (χ1v) is 6.36. The van der Waals surface area contributed by atoms with E-state index in [-0.39, 0.29) is 23.4 Å². The number of nitrogens with zero attached hydrogens (tertiary/aromatic N) is 3. The smallest absolute Gasteiger partial charge is 0.353 e. The van der Waals surface area contributed by atoms with Crippen molar-refractivity contribution in [2.45, 2.75) is 19.9 Å². The van der Waals surface area contributed by atoms with Crippen LogP contribution in [0.25, 0.3) is 0 Å². The third kappa shape index (κ3) is 3.43. The van der Waals surface area contributed by atoms with Crippen molar-refractivity contribution < 1.29 is 13.7 Å². The van der Waals surface area contributed by atoms with E-state index in [1.807, 2.05) is 0 Å². The number of hydrogen-bond donors (Lipinski definition) is 2. The lowest BCUT2D eigenvalue weighted by Crippen LogP contribution is -2.14. The van der Waals surface area contributed by atoms with Crippen LogP contribution >= 0.6 is 0 Å². The number of nitro groups is 1. The maximum Gasteiger partial charge on any atom is 0.353 e. The molecule has 0 saturated heterocycles. The van der Waals surface area contributed by atoms with Crippen molar-refractivity contribution in [3.8, 4) is 0 Å². The predicted molar refractivity (Wildman–Crippen MR) is 77.1 cm³/mol. The van der Waals surface area contributed by atoms with E-state index in [2.05, 4.69) is 20.6 Å². The standard InChI is InChI=1S/C13H13F2N5O2/c1-7(2)18-12-11(20(21)22)13(17-6-16-12)19-10-4-3-8(14)5-9(10)15/h3-7H,1-2H3,(H2,16,17,18,19). The van der Waals surface area contributed by atoms with Crippen molar-refractivity contribution in [3.05, 3.63) is 46.3 Å². The molecule has 1 heterocycles. The van der Waals surface area contributed by atoms with Gasteiger partial charge in [-0.2, -0.15) is 0 Å². The average Bonchev–Trinajstić information content (AvgIpc) is 2.41. The number of aromatic nitrogens is 2. The molecule has 0 unspecified atom stereocenters. The van der Waals surface area contributed by atoms with Crippen molar-refractivity contribution in [3.63, 3.8) is 0 Å². The molecule has 0 fully saturated rings. The van der Waals surface area contributed by atoms with Gasteiger partial charge >= 0.3 is 5.69 Å². The largest absolute Gasteiger partial charge is 0.362 e. The summed E-state index contributed by atoms with van der Waals surface area (Å²) in [5, 5.41) is 16.6. The monoisotopic (exact) mass is 309 g/mol. The van der Waals surface area contributed by atoms with Crippen LogP contribution in [-0.2, 0) is 0 Å². The van der Waals surface area contributed by atoms with Crippen molar-refractivity contribution in [1.82, 2.24) is 9.97 Å². The number of benzene rings is 1. The highest BCUT2D eigenvalue weighted by Crippen LogP contribution is 2.32. The lowest BCUT2D eigenvalue weighted by molar-refractivity contribution is -0.383. The van der Waals surface area contributed by atoms with Gasteiger partial charge in [0.25, 0.3) is 0 Å². The number of hydrogen-bond acceptors (Lipinski definition) is 6. The minimum absolute atomic E-state index is 0.0139. The Morgan fingerprint density at radius 1 is 1.23 bits per heavy atom. The molecule has 0 amide bonds. The minimum Gasteiger partial charge on any atom is -0.362 e. The van der Waals surface area contributed by atoms with Crippen LogP contribution in [0.4, 0.5) is 31.8 Å². The Kier molecular flexibility index (Phi) is 4.44. The van der Waals surface area contributed by atoms with E-state index in [4.69, 9.17) is 0 Å². The third-order valence-electron chi connectivity index (χ3n) is 2.61. The van der Waals surface area contributed by atoms with E-state index in [9.17, 15) is 18.9 Å². The Labute approximate surface area is 124 Å². The van der Waals surface area contributed by atoms with Gasteiger partial charge < -0.3 is 10.6 Å². The fourth-order valence-electron chi connectivity index (χ4n) is 1.74. The Morgan fingerprint density at radius 2 is 1.91 bits per heavy atom. The summed E-state index contributed by atoms with van der Waals surface area (Å²) in [7, 11) is 0. The first-order chi connectivity index (χ1) is 10.4. The minimum atomic E-state index is -0.883. The van der Waals surface area contributed by atoms with E-state index < -0.39 is 22.2 Å². The zero-order valence-electron chi connectivity index (χ0n) is 11.8. The SMILES string of the molecule is CC(C)Nc1ncnc(Nc2ccc(F)cc2F)c1[N+](=O)[O-]. The molecule has 0 aliphatic rings. The van der Waals surface area contributed by atoms with Gasteiger partial charge in [0.1, 0.15) is 18.0 Å². The molecule has 2 rings (SSSR count). The van der Waals surface area contributed by atoms with Gasteiger partial charge in [-0.15, -0.1) is 0 Å². The van der Waals surface area contributed by atoms with Gasteiger partial charge in [0.15, 0.2) is 0 Å². The molecule has 1 aromatic carbocycles. The Bertz CT molecular complexity index is 709. The van der Waals surface area contributed by atoms with Gasteiger partial charge in [-0.3, -0.25) is 10.1 Å². The summed E-state index contributed by atoms with van der Waals surface area (Å²) in [5.41, 5.74) is -0.543. The summed E-state index contributed by atoms with van der Waals surface area (Å²) in [6, 6.07) is 2.74. The van der Waals surface area contributed by atoms with Gasteiger partial charge in [-0.1, -0.05) is 0 Å². The zero-order valence-corrected chi connectivity index (χ0v) is 11.8. The van der Waals surface area contributed by atoms with Gasteiger partial charge in [-0.25, -0.2) is 18.7 Å². The third-order valence-corrected chi connectivity index (χ3v) is 2.61. The number of anilines is 3. The normalized spacial score (nSPS) is 10.6. The molecule has 7 nitrogen and oxygen atoms in total. The fraction of sp³-hybridized carbons (Fsp3) is 0.231.